The van der Waals surface area contributed by atoms with Crippen LogP contribution in [0.2, 0.25) is 0 Å². The van der Waals surface area contributed by atoms with Crippen LogP contribution < -0.4 is 5.73 Å². The van der Waals surface area contributed by atoms with Crippen LogP contribution in [0, 0.1) is 0 Å². The first-order chi connectivity index (χ1) is 6.36. The Morgan fingerprint density at radius 3 is 2.36 bits per heavy atom. The van der Waals surface area contributed by atoms with Gasteiger partial charge in [0.05, 0.1) is 17.1 Å². The number of rotatable bonds is 5. The van der Waals surface area contributed by atoms with E-state index < -0.39 is 0 Å². The molecular weight excluding hydrogens is 200 g/mol. The zero-order valence-corrected chi connectivity index (χ0v) is 9.93. The van der Waals surface area contributed by atoms with E-state index in [0.717, 1.165) is 0 Å². The zero-order valence-electron chi connectivity index (χ0n) is 9.11. The number of nitrogens with two attached hydrogens (primary N) is 1. The van der Waals surface area contributed by atoms with E-state index in [9.17, 15) is 4.79 Å². The van der Waals surface area contributed by atoms with Gasteiger partial charge in [-0.2, -0.15) is 0 Å². The van der Waals surface area contributed by atoms with Crippen molar-refractivity contribution in [2.24, 2.45) is 5.73 Å². The molecule has 0 aromatic heterocycles. The summed E-state index contributed by atoms with van der Waals surface area (Å²) in [4.78, 5) is 13.3. The molecule has 0 radical (unpaired) electrons. The summed E-state index contributed by atoms with van der Waals surface area (Å²) in [6.45, 7) is 5.62. The van der Waals surface area contributed by atoms with Crippen LogP contribution in [0.1, 0.15) is 20.8 Å². The Labute approximate surface area is 90.4 Å². The monoisotopic (exact) mass is 218 g/mol. The highest BCUT2D eigenvalue weighted by atomic mass is 32.1. The number of hydrogen-bond donors (Lipinski definition) is 1. The Morgan fingerprint density at radius 2 is 2.00 bits per heavy atom. The molecule has 0 spiro atoms. The topological polar surface area (TPSA) is 55.6 Å². The molecule has 5 heteroatoms. The number of carbonyl (C=O) groups is 1. The van der Waals surface area contributed by atoms with Crippen LogP contribution in [-0.4, -0.2) is 41.6 Å². The molecule has 0 bridgehead atoms. The van der Waals surface area contributed by atoms with Gasteiger partial charge in [0.1, 0.15) is 6.61 Å². The molecule has 2 N–H and O–H groups in total. The van der Waals surface area contributed by atoms with Crippen LogP contribution in [0.4, 0.5) is 0 Å². The van der Waals surface area contributed by atoms with E-state index in [-0.39, 0.29) is 24.7 Å². The minimum absolute atomic E-state index is 0.0486. The maximum absolute atomic E-state index is 11.5. The fourth-order valence-corrected chi connectivity index (χ4v) is 0.905. The first-order valence-corrected chi connectivity index (χ1v) is 4.93. The third-order valence-corrected chi connectivity index (χ3v) is 2.27. The normalized spacial score (nSPS) is 12.6. The van der Waals surface area contributed by atoms with Crippen molar-refractivity contribution in [3.8, 4) is 0 Å². The Bertz CT molecular complexity index is 219. The summed E-state index contributed by atoms with van der Waals surface area (Å²) in [5.41, 5.74) is 5.43. The molecule has 82 valence electrons. The largest absolute Gasteiger partial charge is 0.392 e. The lowest BCUT2D eigenvalue weighted by atomic mass is 10.3. The highest BCUT2D eigenvalue weighted by Crippen LogP contribution is 1.98. The predicted octanol–water partition coefficient (Wildman–Crippen LogP) is 0.544. The molecule has 0 aromatic rings. The molecule has 1 unspecified atom stereocenters. The van der Waals surface area contributed by atoms with E-state index >= 15 is 0 Å². The predicted molar refractivity (Wildman–Crippen MR) is 60.1 cm³/mol. The average molecular weight is 218 g/mol. The van der Waals surface area contributed by atoms with Crippen molar-refractivity contribution in [2.45, 2.75) is 32.9 Å². The lowest BCUT2D eigenvalue weighted by Gasteiger charge is -2.24. The lowest BCUT2D eigenvalue weighted by Crippen LogP contribution is -2.44. The molecule has 0 saturated heterocycles. The van der Waals surface area contributed by atoms with Gasteiger partial charge < -0.3 is 15.4 Å². The van der Waals surface area contributed by atoms with Gasteiger partial charge in [-0.15, -0.1) is 0 Å². The average Bonchev–Trinajstić information content (AvgIpc) is 2.11. The molecule has 0 fully saturated rings. The van der Waals surface area contributed by atoms with Gasteiger partial charge in [0.25, 0.3) is 0 Å². The first kappa shape index (κ1) is 13.3. The third kappa shape index (κ3) is 4.53. The number of nitrogens with zero attached hydrogens (tertiary/aromatic N) is 1. The molecule has 0 aliphatic carbocycles. The SMILES string of the molecule is CC(C)OCC(=O)N(C)C(C)C(N)=S. The van der Waals surface area contributed by atoms with Gasteiger partial charge in [0, 0.05) is 7.05 Å². The van der Waals surface area contributed by atoms with Gasteiger partial charge in [0.2, 0.25) is 5.91 Å². The number of amides is 1. The molecule has 1 amide bonds. The maximum Gasteiger partial charge on any atom is 0.248 e. The van der Waals surface area contributed by atoms with Crippen molar-refractivity contribution < 1.29 is 9.53 Å². The molecular formula is C9H18N2O2S. The fraction of sp³-hybridized carbons (Fsp3) is 0.778. The van der Waals surface area contributed by atoms with Gasteiger partial charge in [-0.05, 0) is 20.8 Å². The third-order valence-electron chi connectivity index (χ3n) is 1.93. The van der Waals surface area contributed by atoms with Crippen molar-refractivity contribution in [1.82, 2.24) is 4.90 Å². The Hall–Kier alpha value is -0.680. The molecule has 0 aliphatic heterocycles. The highest BCUT2D eigenvalue weighted by molar-refractivity contribution is 7.80. The second-order valence-corrected chi connectivity index (χ2v) is 3.91. The minimum Gasteiger partial charge on any atom is -0.392 e. The zero-order chi connectivity index (χ0) is 11.3. The molecule has 0 heterocycles. The van der Waals surface area contributed by atoms with Gasteiger partial charge in [-0.25, -0.2) is 0 Å². The lowest BCUT2D eigenvalue weighted by molar-refractivity contribution is -0.136. The Kier molecular flexibility index (Phi) is 5.64. The van der Waals surface area contributed by atoms with Crippen LogP contribution in [0.25, 0.3) is 0 Å². The fourth-order valence-electron chi connectivity index (χ4n) is 0.747. The van der Waals surface area contributed by atoms with Crippen molar-refractivity contribution in [1.29, 1.82) is 0 Å². The van der Waals surface area contributed by atoms with Crippen LogP contribution in [0.3, 0.4) is 0 Å². The molecule has 14 heavy (non-hydrogen) atoms. The summed E-state index contributed by atoms with van der Waals surface area (Å²) in [5.74, 6) is -0.112. The van der Waals surface area contributed by atoms with Gasteiger partial charge in [0.15, 0.2) is 0 Å². The molecule has 0 saturated carbocycles. The molecule has 0 rings (SSSR count). The maximum atomic E-state index is 11.5. The number of carbonyl (C=O) groups excluding carboxylic acids is 1. The van der Waals surface area contributed by atoms with E-state index in [1.54, 1.807) is 14.0 Å². The summed E-state index contributed by atoms with van der Waals surface area (Å²) in [6, 6.07) is -0.228. The van der Waals surface area contributed by atoms with E-state index in [2.05, 4.69) is 0 Å². The Morgan fingerprint density at radius 1 is 1.50 bits per heavy atom. The van der Waals surface area contributed by atoms with E-state index in [1.165, 1.54) is 4.90 Å². The van der Waals surface area contributed by atoms with Crippen LogP contribution >= 0.6 is 12.2 Å². The first-order valence-electron chi connectivity index (χ1n) is 4.52. The van der Waals surface area contributed by atoms with Gasteiger partial charge in [-0.1, -0.05) is 12.2 Å². The number of ether oxygens (including phenoxy) is 1. The summed E-state index contributed by atoms with van der Waals surface area (Å²) >= 11 is 4.79. The molecule has 4 nitrogen and oxygen atoms in total. The standard InChI is InChI=1S/C9H18N2O2S/c1-6(2)13-5-8(12)11(4)7(3)9(10)14/h6-7H,5H2,1-4H3,(H2,10,14). The van der Waals surface area contributed by atoms with Crippen molar-refractivity contribution >= 4 is 23.1 Å². The minimum atomic E-state index is -0.228. The highest BCUT2D eigenvalue weighted by Gasteiger charge is 2.17. The van der Waals surface area contributed by atoms with Crippen molar-refractivity contribution in [3.63, 3.8) is 0 Å². The van der Waals surface area contributed by atoms with Crippen LogP contribution in [0.15, 0.2) is 0 Å². The van der Waals surface area contributed by atoms with E-state index in [0.29, 0.717) is 4.99 Å². The second-order valence-electron chi connectivity index (χ2n) is 3.44. The molecule has 1 atom stereocenters. The summed E-state index contributed by atoms with van der Waals surface area (Å²) in [7, 11) is 1.66. The van der Waals surface area contributed by atoms with Crippen molar-refractivity contribution in [2.75, 3.05) is 13.7 Å². The quantitative estimate of drug-likeness (QED) is 0.684. The van der Waals surface area contributed by atoms with Gasteiger partial charge >= 0.3 is 0 Å². The molecule has 0 aromatic carbocycles. The number of likely N-dealkylation sites (N-methyl/N-ethyl adjacent to an activating group) is 1. The number of thiocarbonyl (C=S) groups is 1. The Balaban J connectivity index is 4.05. The number of hydrogen-bond acceptors (Lipinski definition) is 3. The smallest absolute Gasteiger partial charge is 0.248 e. The second kappa shape index (κ2) is 5.93. The summed E-state index contributed by atoms with van der Waals surface area (Å²) in [5, 5.41) is 0. The molecule has 0 aliphatic rings. The summed E-state index contributed by atoms with van der Waals surface area (Å²) in [6.07, 6.45) is 0.0486. The van der Waals surface area contributed by atoms with Crippen LogP contribution in [0.5, 0.6) is 0 Å². The van der Waals surface area contributed by atoms with Crippen molar-refractivity contribution in [3.05, 3.63) is 0 Å². The van der Waals surface area contributed by atoms with E-state index in [4.69, 9.17) is 22.7 Å². The van der Waals surface area contributed by atoms with E-state index in [1.807, 2.05) is 13.8 Å². The van der Waals surface area contributed by atoms with Gasteiger partial charge in [-0.3, -0.25) is 4.79 Å². The van der Waals surface area contributed by atoms with Crippen LogP contribution in [-0.2, 0) is 9.53 Å². The summed E-state index contributed by atoms with van der Waals surface area (Å²) < 4.78 is 5.18.